The largest absolute Gasteiger partial charge is 0.379 e. The maximum atomic E-state index is 5.99. The zero-order chi connectivity index (χ0) is 18.6. The van der Waals surface area contributed by atoms with Crippen molar-refractivity contribution in [2.75, 3.05) is 53.0 Å². The van der Waals surface area contributed by atoms with E-state index in [1.165, 1.54) is 32.1 Å². The Bertz CT molecular complexity index is 397. The van der Waals surface area contributed by atoms with Crippen molar-refractivity contribution in [1.29, 1.82) is 0 Å². The van der Waals surface area contributed by atoms with E-state index in [2.05, 4.69) is 34.4 Å². The normalized spacial score (nSPS) is 21.0. The van der Waals surface area contributed by atoms with E-state index in [4.69, 9.17) is 9.47 Å². The molecule has 6 nitrogen and oxygen atoms in total. The van der Waals surface area contributed by atoms with Gasteiger partial charge in [-0.15, -0.1) is 24.0 Å². The standard InChI is InChI=1S/C20H40N4O2.HI/c1-17(2)19(24-11-14-25-15-12-24)16-23-20(21-3)22-10-7-13-26-18-8-5-4-6-9-18;/h17-19H,4-16H2,1-3H3,(H2,21,22,23);1H. The van der Waals surface area contributed by atoms with E-state index in [1.54, 1.807) is 0 Å². The topological polar surface area (TPSA) is 58.1 Å². The van der Waals surface area contributed by atoms with Crippen LogP contribution in [0.1, 0.15) is 52.4 Å². The average Bonchev–Trinajstić information content (AvgIpc) is 2.67. The Labute approximate surface area is 183 Å². The van der Waals surface area contributed by atoms with Gasteiger partial charge in [0.2, 0.25) is 0 Å². The summed E-state index contributed by atoms with van der Waals surface area (Å²) in [6.45, 7) is 11.0. The highest BCUT2D eigenvalue weighted by atomic mass is 127. The molecule has 1 aliphatic carbocycles. The first-order valence-corrected chi connectivity index (χ1v) is 10.6. The lowest BCUT2D eigenvalue weighted by molar-refractivity contribution is 0.00751. The molecule has 2 aliphatic rings. The van der Waals surface area contributed by atoms with Crippen molar-refractivity contribution in [3.63, 3.8) is 0 Å². The van der Waals surface area contributed by atoms with Gasteiger partial charge < -0.3 is 20.1 Å². The molecule has 0 aromatic rings. The predicted molar refractivity (Wildman–Crippen MR) is 123 cm³/mol. The van der Waals surface area contributed by atoms with Crippen LogP contribution in [0.15, 0.2) is 4.99 Å². The highest BCUT2D eigenvalue weighted by molar-refractivity contribution is 14.0. The molecule has 27 heavy (non-hydrogen) atoms. The number of hydrogen-bond acceptors (Lipinski definition) is 4. The monoisotopic (exact) mass is 496 g/mol. The van der Waals surface area contributed by atoms with Crippen LogP contribution in [0.5, 0.6) is 0 Å². The first-order valence-electron chi connectivity index (χ1n) is 10.6. The van der Waals surface area contributed by atoms with E-state index < -0.39 is 0 Å². The molecule has 2 fully saturated rings. The molecule has 1 saturated heterocycles. The van der Waals surface area contributed by atoms with Crippen LogP contribution in [0.25, 0.3) is 0 Å². The Morgan fingerprint density at radius 2 is 1.85 bits per heavy atom. The van der Waals surface area contributed by atoms with E-state index >= 15 is 0 Å². The number of guanidine groups is 1. The van der Waals surface area contributed by atoms with E-state index in [9.17, 15) is 0 Å². The van der Waals surface area contributed by atoms with Gasteiger partial charge in [0.05, 0.1) is 19.3 Å². The van der Waals surface area contributed by atoms with Gasteiger partial charge in [0.15, 0.2) is 5.96 Å². The summed E-state index contributed by atoms with van der Waals surface area (Å²) >= 11 is 0. The SMILES string of the molecule is CN=C(NCCCOC1CCCCC1)NCC(C(C)C)N1CCOCC1.I. The van der Waals surface area contributed by atoms with Crippen LogP contribution in [-0.2, 0) is 9.47 Å². The Hall–Kier alpha value is -0.120. The fraction of sp³-hybridized carbons (Fsp3) is 0.950. The molecule has 1 heterocycles. The van der Waals surface area contributed by atoms with Gasteiger partial charge in [0.25, 0.3) is 0 Å². The van der Waals surface area contributed by atoms with E-state index in [1.807, 2.05) is 7.05 Å². The summed E-state index contributed by atoms with van der Waals surface area (Å²) < 4.78 is 11.5. The van der Waals surface area contributed by atoms with Gasteiger partial charge >= 0.3 is 0 Å². The molecule has 160 valence electrons. The Kier molecular flexibility index (Phi) is 13.7. The van der Waals surface area contributed by atoms with Crippen LogP contribution in [0.4, 0.5) is 0 Å². The third-order valence-corrected chi connectivity index (χ3v) is 5.51. The minimum absolute atomic E-state index is 0. The molecular weight excluding hydrogens is 455 g/mol. The van der Waals surface area contributed by atoms with Gasteiger partial charge in [0, 0.05) is 45.9 Å². The average molecular weight is 496 g/mol. The van der Waals surface area contributed by atoms with Crippen LogP contribution < -0.4 is 10.6 Å². The quantitative estimate of drug-likeness (QED) is 0.223. The van der Waals surface area contributed by atoms with Crippen molar-refractivity contribution in [2.45, 2.75) is 64.5 Å². The van der Waals surface area contributed by atoms with Crippen LogP contribution in [0.2, 0.25) is 0 Å². The number of nitrogens with one attached hydrogen (secondary N) is 2. The van der Waals surface area contributed by atoms with Crippen LogP contribution >= 0.6 is 24.0 Å². The first kappa shape index (κ1) is 24.9. The van der Waals surface area contributed by atoms with Crippen molar-refractivity contribution >= 4 is 29.9 Å². The summed E-state index contributed by atoms with van der Waals surface area (Å²) in [4.78, 5) is 6.90. The maximum absolute atomic E-state index is 5.99. The summed E-state index contributed by atoms with van der Waals surface area (Å²) in [5.41, 5.74) is 0. The molecule has 7 heteroatoms. The molecule has 1 unspecified atom stereocenters. The highest BCUT2D eigenvalue weighted by Gasteiger charge is 2.23. The third-order valence-electron chi connectivity index (χ3n) is 5.51. The molecular formula is C20H41IN4O2. The van der Waals surface area contributed by atoms with E-state index in [-0.39, 0.29) is 24.0 Å². The molecule has 0 radical (unpaired) electrons. The summed E-state index contributed by atoms with van der Waals surface area (Å²) in [6, 6.07) is 0.507. The second-order valence-electron chi connectivity index (χ2n) is 7.82. The fourth-order valence-electron chi connectivity index (χ4n) is 3.88. The number of morpholine rings is 1. The van der Waals surface area contributed by atoms with Crippen LogP contribution in [0.3, 0.4) is 0 Å². The predicted octanol–water partition coefficient (Wildman–Crippen LogP) is 2.87. The Morgan fingerprint density at radius 1 is 1.15 bits per heavy atom. The lowest BCUT2D eigenvalue weighted by atomic mass is 9.98. The summed E-state index contributed by atoms with van der Waals surface area (Å²) in [7, 11) is 1.84. The second-order valence-corrected chi connectivity index (χ2v) is 7.82. The molecule has 2 N–H and O–H groups in total. The molecule has 2 rings (SSSR count). The van der Waals surface area contributed by atoms with Crippen LogP contribution in [0, 0.1) is 5.92 Å². The molecule has 0 spiro atoms. The zero-order valence-corrected chi connectivity index (χ0v) is 19.9. The van der Waals surface area contributed by atoms with Crippen molar-refractivity contribution in [2.24, 2.45) is 10.9 Å². The molecule has 0 aromatic heterocycles. The molecule has 0 aromatic carbocycles. The second kappa shape index (κ2) is 14.8. The Morgan fingerprint density at radius 3 is 2.48 bits per heavy atom. The molecule has 1 aliphatic heterocycles. The van der Waals surface area contributed by atoms with Gasteiger partial charge in [-0.25, -0.2) is 0 Å². The smallest absolute Gasteiger partial charge is 0.191 e. The van der Waals surface area contributed by atoms with Crippen LogP contribution in [-0.4, -0.2) is 76.1 Å². The first-order chi connectivity index (χ1) is 12.7. The van der Waals surface area contributed by atoms with Crippen molar-refractivity contribution < 1.29 is 9.47 Å². The highest BCUT2D eigenvalue weighted by Crippen LogP contribution is 2.20. The minimum atomic E-state index is 0. The lowest BCUT2D eigenvalue weighted by Gasteiger charge is -2.37. The molecule has 1 atom stereocenters. The number of halogens is 1. The fourth-order valence-corrected chi connectivity index (χ4v) is 3.88. The van der Waals surface area contributed by atoms with Gasteiger partial charge in [0.1, 0.15) is 0 Å². The van der Waals surface area contributed by atoms with Crippen molar-refractivity contribution in [3.8, 4) is 0 Å². The van der Waals surface area contributed by atoms with E-state index in [0.717, 1.165) is 58.4 Å². The van der Waals surface area contributed by atoms with Gasteiger partial charge in [-0.1, -0.05) is 33.1 Å². The summed E-state index contributed by atoms with van der Waals surface area (Å²) in [5, 5.41) is 6.92. The summed E-state index contributed by atoms with van der Waals surface area (Å²) in [6.07, 6.45) is 8.06. The number of hydrogen-bond donors (Lipinski definition) is 2. The van der Waals surface area contributed by atoms with E-state index in [0.29, 0.717) is 18.1 Å². The minimum Gasteiger partial charge on any atom is -0.379 e. The Balaban J connectivity index is 0.00000364. The zero-order valence-electron chi connectivity index (χ0n) is 17.5. The van der Waals surface area contributed by atoms with Gasteiger partial charge in [-0.2, -0.15) is 0 Å². The maximum Gasteiger partial charge on any atom is 0.191 e. The molecule has 0 bridgehead atoms. The molecule has 0 amide bonds. The lowest BCUT2D eigenvalue weighted by Crippen LogP contribution is -2.52. The molecule has 1 saturated carbocycles. The van der Waals surface area contributed by atoms with Gasteiger partial charge in [-0.3, -0.25) is 9.89 Å². The summed E-state index contributed by atoms with van der Waals surface area (Å²) in [5.74, 6) is 1.49. The number of aliphatic imine (C=N–C) groups is 1. The van der Waals surface area contributed by atoms with Gasteiger partial charge in [-0.05, 0) is 25.2 Å². The number of nitrogens with zero attached hydrogens (tertiary/aromatic N) is 2. The third kappa shape index (κ3) is 9.76. The number of ether oxygens (including phenoxy) is 2. The van der Waals surface area contributed by atoms with Crippen molar-refractivity contribution in [1.82, 2.24) is 15.5 Å². The number of rotatable bonds is 9. The van der Waals surface area contributed by atoms with Crippen molar-refractivity contribution in [3.05, 3.63) is 0 Å².